The average molecular weight is 362 g/mol. The van der Waals surface area contributed by atoms with Crippen molar-refractivity contribution in [3.8, 4) is 22.4 Å². The second kappa shape index (κ2) is 7.82. The van der Waals surface area contributed by atoms with Crippen molar-refractivity contribution in [1.29, 1.82) is 0 Å². The molecule has 138 valence electrons. The summed E-state index contributed by atoms with van der Waals surface area (Å²) in [5.74, 6) is 1.36. The predicted octanol–water partition coefficient (Wildman–Crippen LogP) is 5.40. The maximum Gasteiger partial charge on any atom is 0.130 e. The quantitative estimate of drug-likeness (QED) is 0.675. The maximum absolute atomic E-state index is 13.2. The van der Waals surface area contributed by atoms with Crippen molar-refractivity contribution in [2.45, 2.75) is 45.1 Å². The molecule has 0 aliphatic heterocycles. The molecule has 0 saturated heterocycles. The third kappa shape index (κ3) is 4.30. The van der Waals surface area contributed by atoms with Gasteiger partial charge in [-0.1, -0.05) is 31.4 Å². The highest BCUT2D eigenvalue weighted by Gasteiger charge is 2.15. The molecule has 1 aromatic carbocycles. The summed E-state index contributed by atoms with van der Waals surface area (Å²) in [6, 6.07) is 11.0. The number of nitrogens with zero attached hydrogens (tertiary/aromatic N) is 3. The zero-order valence-electron chi connectivity index (χ0n) is 15.5. The predicted molar refractivity (Wildman–Crippen MR) is 106 cm³/mol. The molecule has 4 nitrogen and oxygen atoms in total. The van der Waals surface area contributed by atoms with E-state index in [1.54, 1.807) is 24.5 Å². The SMILES string of the molecule is Cc1nc(NC2CCCCC2)cc(-c2cncc(-c3ccc(F)cc3)c2)n1. The molecule has 0 bridgehead atoms. The summed E-state index contributed by atoms with van der Waals surface area (Å²) in [7, 11) is 0. The molecule has 27 heavy (non-hydrogen) atoms. The van der Waals surface area contributed by atoms with Gasteiger partial charge in [0.15, 0.2) is 0 Å². The van der Waals surface area contributed by atoms with Gasteiger partial charge < -0.3 is 5.32 Å². The van der Waals surface area contributed by atoms with Gasteiger partial charge in [0.25, 0.3) is 0 Å². The van der Waals surface area contributed by atoms with Gasteiger partial charge in [0, 0.05) is 35.6 Å². The molecular weight excluding hydrogens is 339 g/mol. The van der Waals surface area contributed by atoms with Crippen molar-refractivity contribution in [2.24, 2.45) is 0 Å². The molecule has 2 aromatic heterocycles. The summed E-state index contributed by atoms with van der Waals surface area (Å²) < 4.78 is 13.2. The number of pyridine rings is 1. The van der Waals surface area contributed by atoms with Gasteiger partial charge >= 0.3 is 0 Å². The molecule has 0 spiro atoms. The van der Waals surface area contributed by atoms with Crippen molar-refractivity contribution in [2.75, 3.05) is 5.32 Å². The minimum Gasteiger partial charge on any atom is -0.367 e. The zero-order valence-corrected chi connectivity index (χ0v) is 15.5. The maximum atomic E-state index is 13.2. The molecule has 4 rings (SSSR count). The van der Waals surface area contributed by atoms with E-state index in [1.807, 2.05) is 19.1 Å². The fourth-order valence-corrected chi connectivity index (χ4v) is 3.63. The van der Waals surface area contributed by atoms with E-state index in [1.165, 1.54) is 44.2 Å². The minimum absolute atomic E-state index is 0.243. The second-order valence-electron chi connectivity index (χ2n) is 7.13. The number of benzene rings is 1. The lowest BCUT2D eigenvalue weighted by atomic mass is 9.95. The highest BCUT2D eigenvalue weighted by atomic mass is 19.1. The van der Waals surface area contributed by atoms with E-state index < -0.39 is 0 Å². The van der Waals surface area contributed by atoms with Crippen LogP contribution in [0.1, 0.15) is 37.9 Å². The first-order chi connectivity index (χ1) is 13.2. The van der Waals surface area contributed by atoms with Gasteiger partial charge in [-0.15, -0.1) is 0 Å². The van der Waals surface area contributed by atoms with Crippen LogP contribution in [0, 0.1) is 12.7 Å². The monoisotopic (exact) mass is 362 g/mol. The first-order valence-corrected chi connectivity index (χ1v) is 9.51. The van der Waals surface area contributed by atoms with E-state index in [-0.39, 0.29) is 5.82 Å². The van der Waals surface area contributed by atoms with E-state index in [4.69, 9.17) is 0 Å². The molecule has 1 aliphatic rings. The number of rotatable bonds is 4. The van der Waals surface area contributed by atoms with Crippen molar-refractivity contribution in [3.63, 3.8) is 0 Å². The lowest BCUT2D eigenvalue weighted by Crippen LogP contribution is -2.23. The number of hydrogen-bond acceptors (Lipinski definition) is 4. The van der Waals surface area contributed by atoms with E-state index in [0.717, 1.165) is 34.0 Å². The molecular formula is C22H23FN4. The third-order valence-electron chi connectivity index (χ3n) is 5.01. The van der Waals surface area contributed by atoms with E-state index >= 15 is 0 Å². The van der Waals surface area contributed by atoms with Crippen molar-refractivity contribution in [1.82, 2.24) is 15.0 Å². The Labute approximate surface area is 158 Å². The van der Waals surface area contributed by atoms with E-state index in [2.05, 4.69) is 20.3 Å². The lowest BCUT2D eigenvalue weighted by molar-refractivity contribution is 0.462. The number of nitrogens with one attached hydrogen (secondary N) is 1. The Balaban J connectivity index is 1.62. The molecule has 0 amide bonds. The largest absolute Gasteiger partial charge is 0.367 e. The Bertz CT molecular complexity index is 918. The van der Waals surface area contributed by atoms with E-state index in [0.29, 0.717) is 6.04 Å². The van der Waals surface area contributed by atoms with Crippen LogP contribution >= 0.6 is 0 Å². The summed E-state index contributed by atoms with van der Waals surface area (Å²) in [6.07, 6.45) is 9.86. The van der Waals surface area contributed by atoms with Crippen LogP contribution in [0.3, 0.4) is 0 Å². The molecule has 1 fully saturated rings. The van der Waals surface area contributed by atoms with Crippen LogP contribution in [0.4, 0.5) is 10.2 Å². The van der Waals surface area contributed by atoms with Gasteiger partial charge in [-0.3, -0.25) is 4.98 Å². The highest BCUT2D eigenvalue weighted by molar-refractivity contribution is 5.71. The molecule has 0 unspecified atom stereocenters. The molecule has 0 atom stereocenters. The van der Waals surface area contributed by atoms with Crippen molar-refractivity contribution < 1.29 is 4.39 Å². The number of aryl methyl sites for hydroxylation is 1. The van der Waals surface area contributed by atoms with Gasteiger partial charge in [0.05, 0.1) is 5.69 Å². The van der Waals surface area contributed by atoms with Crippen molar-refractivity contribution >= 4 is 5.82 Å². The first-order valence-electron chi connectivity index (χ1n) is 9.51. The molecule has 3 aromatic rings. The van der Waals surface area contributed by atoms with Gasteiger partial charge in [-0.2, -0.15) is 0 Å². The van der Waals surface area contributed by atoms with Gasteiger partial charge in [0.2, 0.25) is 0 Å². The Morgan fingerprint density at radius 2 is 1.63 bits per heavy atom. The molecule has 2 heterocycles. The fourth-order valence-electron chi connectivity index (χ4n) is 3.63. The number of halogens is 1. The summed E-state index contributed by atoms with van der Waals surface area (Å²) in [6.45, 7) is 1.91. The summed E-state index contributed by atoms with van der Waals surface area (Å²) in [5.41, 5.74) is 3.63. The average Bonchev–Trinajstić information content (AvgIpc) is 2.69. The molecule has 1 saturated carbocycles. The standard InChI is InChI=1S/C22H23FN4/c1-15-25-21(12-22(26-15)27-20-5-3-2-4-6-20)18-11-17(13-24-14-18)16-7-9-19(23)10-8-16/h7-14,20H,2-6H2,1H3,(H,25,26,27). The number of hydrogen-bond donors (Lipinski definition) is 1. The van der Waals surface area contributed by atoms with Gasteiger partial charge in [-0.25, -0.2) is 14.4 Å². The van der Waals surface area contributed by atoms with Crippen LogP contribution in [-0.2, 0) is 0 Å². The van der Waals surface area contributed by atoms with Gasteiger partial charge in [-0.05, 0) is 43.5 Å². The van der Waals surface area contributed by atoms with Crippen LogP contribution in [0.2, 0.25) is 0 Å². The number of aromatic nitrogens is 3. The zero-order chi connectivity index (χ0) is 18.6. The van der Waals surface area contributed by atoms with Gasteiger partial charge in [0.1, 0.15) is 17.5 Å². The lowest BCUT2D eigenvalue weighted by Gasteiger charge is -2.23. The Kier molecular flexibility index (Phi) is 5.10. The first kappa shape index (κ1) is 17.6. The summed E-state index contributed by atoms with van der Waals surface area (Å²) >= 11 is 0. The van der Waals surface area contributed by atoms with Crippen LogP contribution < -0.4 is 5.32 Å². The fraction of sp³-hybridized carbons (Fsp3) is 0.318. The summed E-state index contributed by atoms with van der Waals surface area (Å²) in [4.78, 5) is 13.5. The molecule has 1 N–H and O–H groups in total. The third-order valence-corrected chi connectivity index (χ3v) is 5.01. The molecule has 1 aliphatic carbocycles. The Hall–Kier alpha value is -2.82. The Morgan fingerprint density at radius 3 is 2.41 bits per heavy atom. The molecule has 0 radical (unpaired) electrons. The number of anilines is 1. The van der Waals surface area contributed by atoms with Crippen LogP contribution in [0.5, 0.6) is 0 Å². The summed E-state index contributed by atoms with van der Waals surface area (Å²) in [5, 5.41) is 3.57. The normalized spacial score (nSPS) is 14.9. The van der Waals surface area contributed by atoms with Crippen LogP contribution in [0.25, 0.3) is 22.4 Å². The Morgan fingerprint density at radius 1 is 0.889 bits per heavy atom. The minimum atomic E-state index is -0.243. The van der Waals surface area contributed by atoms with Crippen LogP contribution in [-0.4, -0.2) is 21.0 Å². The second-order valence-corrected chi connectivity index (χ2v) is 7.13. The highest BCUT2D eigenvalue weighted by Crippen LogP contribution is 2.27. The smallest absolute Gasteiger partial charge is 0.130 e. The van der Waals surface area contributed by atoms with E-state index in [9.17, 15) is 4.39 Å². The topological polar surface area (TPSA) is 50.7 Å². The molecule has 5 heteroatoms. The van der Waals surface area contributed by atoms with Crippen molar-refractivity contribution in [3.05, 3.63) is 60.4 Å². The van der Waals surface area contributed by atoms with Crippen LogP contribution in [0.15, 0.2) is 48.8 Å².